The number of aromatic nitrogens is 2. The molecule has 0 fully saturated rings. The Labute approximate surface area is 200 Å². The van der Waals surface area contributed by atoms with E-state index in [4.69, 9.17) is 10.5 Å². The summed E-state index contributed by atoms with van der Waals surface area (Å²) >= 11 is 0. The van der Waals surface area contributed by atoms with Gasteiger partial charge in [0, 0.05) is 50.4 Å². The molecule has 9 nitrogen and oxygen atoms in total. The van der Waals surface area contributed by atoms with E-state index in [9.17, 15) is 14.7 Å². The van der Waals surface area contributed by atoms with Crippen LogP contribution in [0.3, 0.4) is 0 Å². The second kappa shape index (κ2) is 12.8. The van der Waals surface area contributed by atoms with Gasteiger partial charge < -0.3 is 25.5 Å². The lowest BCUT2D eigenvalue weighted by atomic mass is 9.94. The number of carbonyl (C=O) groups is 2. The minimum absolute atomic E-state index is 0.0356. The number of aryl methyl sites for hydroxylation is 2. The number of benzene rings is 1. The Hall–Kier alpha value is -3.36. The fourth-order valence-corrected chi connectivity index (χ4v) is 4.25. The van der Waals surface area contributed by atoms with E-state index < -0.39 is 0 Å². The molecule has 2 heterocycles. The third-order valence-corrected chi connectivity index (χ3v) is 6.12. The van der Waals surface area contributed by atoms with Crippen LogP contribution in [0.4, 0.5) is 0 Å². The number of hydrogen-bond donors (Lipinski definition) is 3. The molecular formula is C25H35N5O4. The fourth-order valence-electron chi connectivity index (χ4n) is 4.25. The predicted molar refractivity (Wildman–Crippen MR) is 130 cm³/mol. The van der Waals surface area contributed by atoms with Gasteiger partial charge in [-0.1, -0.05) is 6.07 Å². The number of phenols is 1. The summed E-state index contributed by atoms with van der Waals surface area (Å²) in [6.07, 6.45) is 10.6. The molecule has 1 aromatic carbocycles. The summed E-state index contributed by atoms with van der Waals surface area (Å²) in [5.74, 6) is 0.966. The van der Waals surface area contributed by atoms with E-state index in [-0.39, 0.29) is 29.8 Å². The van der Waals surface area contributed by atoms with E-state index in [1.54, 1.807) is 25.6 Å². The van der Waals surface area contributed by atoms with Gasteiger partial charge in [0.05, 0.1) is 19.4 Å². The van der Waals surface area contributed by atoms with Gasteiger partial charge in [0.1, 0.15) is 11.6 Å². The summed E-state index contributed by atoms with van der Waals surface area (Å²) in [6, 6.07) is 3.54. The molecule has 3 rings (SSSR count). The molecule has 9 heteroatoms. The molecular weight excluding hydrogens is 434 g/mol. The summed E-state index contributed by atoms with van der Waals surface area (Å²) in [5.41, 5.74) is 7.83. The lowest BCUT2D eigenvalue weighted by Crippen LogP contribution is -2.40. The minimum Gasteiger partial charge on any atom is -0.504 e. The van der Waals surface area contributed by atoms with Gasteiger partial charge in [-0.2, -0.15) is 0 Å². The smallest absolute Gasteiger partial charge is 0.188 e. The quantitative estimate of drug-likeness (QED) is 0.233. The number of aliphatic imine (C=N–C) groups is 1. The number of imidazole rings is 1. The average Bonchev–Trinajstić information content (AvgIpc) is 3.36. The van der Waals surface area contributed by atoms with Crippen LogP contribution in [0.2, 0.25) is 0 Å². The molecule has 0 radical (unpaired) electrons. The van der Waals surface area contributed by atoms with Crippen molar-refractivity contribution in [3.05, 3.63) is 42.0 Å². The first kappa shape index (κ1) is 25.3. The molecule has 0 unspecified atom stereocenters. The van der Waals surface area contributed by atoms with Crippen LogP contribution in [-0.4, -0.2) is 51.9 Å². The molecule has 0 amide bonds. The minimum atomic E-state index is -0.0549. The molecule has 1 aliphatic heterocycles. The van der Waals surface area contributed by atoms with Crippen molar-refractivity contribution in [3.63, 3.8) is 0 Å². The van der Waals surface area contributed by atoms with Crippen LogP contribution >= 0.6 is 0 Å². The van der Waals surface area contributed by atoms with E-state index in [2.05, 4.69) is 15.3 Å². The Morgan fingerprint density at radius 3 is 2.88 bits per heavy atom. The maximum Gasteiger partial charge on any atom is 0.188 e. The van der Waals surface area contributed by atoms with Gasteiger partial charge in [0.2, 0.25) is 0 Å². The molecule has 0 saturated heterocycles. The van der Waals surface area contributed by atoms with Crippen LogP contribution in [0.5, 0.6) is 11.5 Å². The topological polar surface area (TPSA) is 132 Å². The van der Waals surface area contributed by atoms with Gasteiger partial charge in [-0.15, -0.1) is 0 Å². The number of nitrogens with one attached hydrogen (secondary N) is 1. The molecule has 0 bridgehead atoms. The molecule has 184 valence electrons. The van der Waals surface area contributed by atoms with Crippen molar-refractivity contribution in [1.82, 2.24) is 14.9 Å². The molecule has 34 heavy (non-hydrogen) atoms. The Balaban J connectivity index is 1.41. The lowest BCUT2D eigenvalue weighted by Gasteiger charge is -2.21. The number of phenolic OH excluding ortho intramolecular Hbond substituents is 1. The van der Waals surface area contributed by atoms with Gasteiger partial charge in [-0.05, 0) is 50.2 Å². The van der Waals surface area contributed by atoms with Gasteiger partial charge in [0.25, 0.3) is 0 Å². The zero-order valence-corrected chi connectivity index (χ0v) is 19.8. The number of aromatic hydroxyl groups is 1. The number of nitrogens with zero attached hydrogens (tertiary/aromatic N) is 3. The van der Waals surface area contributed by atoms with Crippen LogP contribution in [0.15, 0.2) is 35.8 Å². The highest BCUT2D eigenvalue weighted by atomic mass is 16.5. The second-order valence-electron chi connectivity index (χ2n) is 8.69. The third-order valence-electron chi connectivity index (χ3n) is 6.12. The van der Waals surface area contributed by atoms with Crippen LogP contribution in [0.1, 0.15) is 56.1 Å². The molecule has 1 aliphatic rings. The van der Waals surface area contributed by atoms with Crippen LogP contribution < -0.4 is 15.8 Å². The maximum absolute atomic E-state index is 12.4. The number of ether oxygens (including phenoxy) is 1. The largest absolute Gasteiger partial charge is 0.504 e. The van der Waals surface area contributed by atoms with Crippen molar-refractivity contribution in [2.24, 2.45) is 10.7 Å². The zero-order valence-electron chi connectivity index (χ0n) is 19.8. The zero-order chi connectivity index (χ0) is 24.3. The normalized spacial score (nSPS) is 14.2. The molecule has 1 atom stereocenters. The number of rotatable bonds is 13. The highest BCUT2D eigenvalue weighted by Crippen LogP contribution is 2.36. The summed E-state index contributed by atoms with van der Waals surface area (Å²) in [6.45, 7) is 1.38. The molecule has 0 aliphatic carbocycles. The van der Waals surface area contributed by atoms with Crippen molar-refractivity contribution in [2.45, 2.75) is 70.4 Å². The van der Waals surface area contributed by atoms with Crippen molar-refractivity contribution >= 4 is 17.5 Å². The molecule has 0 spiro atoms. The number of fused-ring (bicyclic) bond motifs is 1. The Morgan fingerprint density at radius 2 is 2.12 bits per heavy atom. The second-order valence-corrected chi connectivity index (χ2v) is 8.69. The summed E-state index contributed by atoms with van der Waals surface area (Å²) in [7, 11) is 1.63. The number of ketones is 2. The van der Waals surface area contributed by atoms with Gasteiger partial charge >= 0.3 is 0 Å². The van der Waals surface area contributed by atoms with E-state index in [1.807, 2.05) is 16.8 Å². The maximum atomic E-state index is 12.4. The van der Waals surface area contributed by atoms with Gasteiger partial charge in [-0.3, -0.25) is 14.6 Å². The Kier molecular flexibility index (Phi) is 9.49. The van der Waals surface area contributed by atoms with Gasteiger partial charge in [-0.25, -0.2) is 4.98 Å². The number of hydrogen-bond acceptors (Lipinski definition) is 6. The third kappa shape index (κ3) is 7.60. The SMILES string of the molecule is CN=C(N)N[C@H](CCCC(=O)CC(=O)CCc1ccc(O)c2c1CCCO2)CCn1ccnc1. The predicted octanol–water partition coefficient (Wildman–Crippen LogP) is 2.54. The van der Waals surface area contributed by atoms with Gasteiger partial charge in [0.15, 0.2) is 17.5 Å². The highest BCUT2D eigenvalue weighted by molar-refractivity contribution is 5.99. The molecule has 1 aromatic heterocycles. The highest BCUT2D eigenvalue weighted by Gasteiger charge is 2.19. The summed E-state index contributed by atoms with van der Waals surface area (Å²) in [5, 5.41) is 13.2. The van der Waals surface area contributed by atoms with Crippen molar-refractivity contribution < 1.29 is 19.4 Å². The molecule has 0 saturated carbocycles. The van der Waals surface area contributed by atoms with E-state index in [1.165, 1.54) is 0 Å². The monoisotopic (exact) mass is 469 g/mol. The first-order valence-corrected chi connectivity index (χ1v) is 11.9. The van der Waals surface area contributed by atoms with Crippen LogP contribution in [0, 0.1) is 0 Å². The van der Waals surface area contributed by atoms with E-state index >= 15 is 0 Å². The van der Waals surface area contributed by atoms with E-state index in [0.717, 1.165) is 43.4 Å². The Morgan fingerprint density at radius 1 is 1.29 bits per heavy atom. The average molecular weight is 470 g/mol. The summed E-state index contributed by atoms with van der Waals surface area (Å²) < 4.78 is 7.58. The van der Waals surface area contributed by atoms with Crippen molar-refractivity contribution in [1.29, 1.82) is 0 Å². The van der Waals surface area contributed by atoms with Crippen LogP contribution in [0.25, 0.3) is 0 Å². The fraction of sp³-hybridized carbons (Fsp3) is 0.520. The van der Waals surface area contributed by atoms with Crippen molar-refractivity contribution in [2.75, 3.05) is 13.7 Å². The molecule has 2 aromatic rings. The Bertz CT molecular complexity index is 987. The first-order chi connectivity index (χ1) is 16.5. The standard InChI is InChI=1S/C25H35N5O4/c1-27-25(26)29-19(11-13-30-14-12-28-17-30)4-2-5-20(31)16-21(32)9-7-18-8-10-23(33)24-22(18)6-3-15-34-24/h8,10,12,14,17,19,33H,2-7,9,11,13,15-16H2,1H3,(H3,26,27,29)/t19-/m1/s1. The van der Waals surface area contributed by atoms with Crippen LogP contribution in [-0.2, 0) is 29.0 Å². The number of Topliss-reactive ketones (excluding diaryl/α,β-unsaturated/α-hetero) is 2. The summed E-state index contributed by atoms with van der Waals surface area (Å²) in [4.78, 5) is 32.8. The van der Waals surface area contributed by atoms with E-state index in [0.29, 0.717) is 44.0 Å². The lowest BCUT2D eigenvalue weighted by molar-refractivity contribution is -0.127. The number of nitrogens with two attached hydrogens (primary N) is 1. The molecule has 4 N–H and O–H groups in total. The van der Waals surface area contributed by atoms with Crippen molar-refractivity contribution in [3.8, 4) is 11.5 Å². The number of guanidine groups is 1. The first-order valence-electron chi connectivity index (χ1n) is 11.9. The number of carbonyl (C=O) groups excluding carboxylic acids is 2.